The molecule has 1 aromatic carbocycles. The van der Waals surface area contributed by atoms with Crippen LogP contribution in [-0.2, 0) is 19.3 Å². The highest BCUT2D eigenvalue weighted by Gasteiger charge is 2.26. The first kappa shape index (κ1) is 17.4. The molecule has 4 aromatic rings. The van der Waals surface area contributed by atoms with Crippen molar-refractivity contribution in [3.63, 3.8) is 0 Å². The first-order chi connectivity index (χ1) is 13.7. The number of para-hydroxylation sites is 1. The molecule has 28 heavy (non-hydrogen) atoms. The second-order valence-corrected chi connectivity index (χ2v) is 8.54. The summed E-state index contributed by atoms with van der Waals surface area (Å²) in [4.78, 5) is 19.9. The normalized spacial score (nSPS) is 13.9. The minimum Gasteiger partial charge on any atom is -0.397 e. The van der Waals surface area contributed by atoms with Gasteiger partial charge in [0.25, 0.3) is 5.91 Å². The molecule has 1 aliphatic rings. The molecule has 0 spiro atoms. The van der Waals surface area contributed by atoms with Crippen molar-refractivity contribution in [2.75, 3.05) is 5.73 Å². The number of carbonyl (C=O) groups excluding carboxylic acids is 1. The number of carbonyl (C=O) groups is 1. The molecule has 2 N–H and O–H groups in total. The summed E-state index contributed by atoms with van der Waals surface area (Å²) in [6, 6.07) is 12.3. The van der Waals surface area contributed by atoms with Crippen LogP contribution in [0, 0.1) is 0 Å². The Morgan fingerprint density at radius 2 is 1.96 bits per heavy atom. The lowest BCUT2D eigenvalue weighted by Gasteiger charge is -2.14. The number of nitrogen functional groups attached to an aromatic ring is 1. The van der Waals surface area contributed by atoms with Gasteiger partial charge in [-0.25, -0.2) is 4.98 Å². The van der Waals surface area contributed by atoms with E-state index in [4.69, 9.17) is 10.7 Å². The quantitative estimate of drug-likeness (QED) is 0.513. The van der Waals surface area contributed by atoms with Gasteiger partial charge in [0.2, 0.25) is 0 Å². The number of hydrogen-bond donors (Lipinski definition) is 1. The Hall–Kier alpha value is -2.66. The largest absolute Gasteiger partial charge is 0.397 e. The highest BCUT2D eigenvalue weighted by atomic mass is 32.1. The number of nitrogens with two attached hydrogens (primary N) is 1. The minimum atomic E-state index is -0.0168. The van der Waals surface area contributed by atoms with Crippen LogP contribution in [0.2, 0.25) is 0 Å². The Morgan fingerprint density at radius 3 is 2.82 bits per heavy atom. The summed E-state index contributed by atoms with van der Waals surface area (Å²) in [6.45, 7) is 2.14. The highest BCUT2D eigenvalue weighted by Crippen LogP contribution is 2.37. The van der Waals surface area contributed by atoms with Crippen molar-refractivity contribution in [2.45, 2.75) is 45.4 Å². The van der Waals surface area contributed by atoms with Gasteiger partial charge in [-0.1, -0.05) is 31.5 Å². The van der Waals surface area contributed by atoms with Crippen LogP contribution in [-0.4, -0.2) is 15.5 Å². The molecular formula is C23H23N3OS. The van der Waals surface area contributed by atoms with Crippen molar-refractivity contribution in [1.82, 2.24) is 9.55 Å². The number of fused-ring (bicyclic) bond motifs is 4. The minimum absolute atomic E-state index is 0.0168. The molecule has 0 bridgehead atoms. The molecule has 5 heteroatoms. The number of aryl methyl sites for hydroxylation is 2. The van der Waals surface area contributed by atoms with E-state index in [2.05, 4.69) is 19.1 Å². The Balaban J connectivity index is 1.69. The van der Waals surface area contributed by atoms with E-state index in [0.717, 1.165) is 59.2 Å². The summed E-state index contributed by atoms with van der Waals surface area (Å²) in [5.74, 6) is -0.0168. The zero-order valence-corrected chi connectivity index (χ0v) is 16.8. The van der Waals surface area contributed by atoms with Crippen molar-refractivity contribution in [1.29, 1.82) is 0 Å². The molecule has 0 fully saturated rings. The zero-order valence-electron chi connectivity index (χ0n) is 16.0. The third kappa shape index (κ3) is 2.57. The van der Waals surface area contributed by atoms with Gasteiger partial charge >= 0.3 is 0 Å². The van der Waals surface area contributed by atoms with E-state index >= 15 is 0 Å². The topological polar surface area (TPSA) is 60.9 Å². The van der Waals surface area contributed by atoms with E-state index < -0.39 is 0 Å². The van der Waals surface area contributed by atoms with Gasteiger partial charge in [0, 0.05) is 22.2 Å². The molecular weight excluding hydrogens is 366 g/mol. The van der Waals surface area contributed by atoms with Crippen LogP contribution in [0.4, 0.5) is 5.69 Å². The van der Waals surface area contributed by atoms with E-state index in [1.807, 2.05) is 28.8 Å². The summed E-state index contributed by atoms with van der Waals surface area (Å²) in [7, 11) is 0. The van der Waals surface area contributed by atoms with Crippen molar-refractivity contribution >= 4 is 44.1 Å². The molecule has 0 radical (unpaired) electrons. The number of thiophene rings is 1. The van der Waals surface area contributed by atoms with Gasteiger partial charge in [-0.2, -0.15) is 0 Å². The highest BCUT2D eigenvalue weighted by molar-refractivity contribution is 7.21. The lowest BCUT2D eigenvalue weighted by atomic mass is 9.95. The molecule has 3 heterocycles. The maximum absolute atomic E-state index is 13.7. The third-order valence-corrected chi connectivity index (χ3v) is 6.84. The standard InChI is InChI=1S/C23H23N3OS/c1-2-7-14-12-13-17-20(24)21(28-22(17)25-14)23(27)26-18-10-5-3-8-15(18)16-9-4-6-11-19(16)26/h3,5,8,10,12-13H,2,4,6-7,9,11,24H2,1H3. The molecule has 0 unspecified atom stereocenters. The van der Waals surface area contributed by atoms with E-state index in [-0.39, 0.29) is 5.91 Å². The van der Waals surface area contributed by atoms with Gasteiger partial charge in [-0.15, -0.1) is 11.3 Å². The molecule has 0 aliphatic heterocycles. The summed E-state index contributed by atoms with van der Waals surface area (Å²) in [5, 5.41) is 2.09. The molecule has 0 saturated heterocycles. The van der Waals surface area contributed by atoms with Gasteiger partial charge in [0.05, 0.1) is 11.2 Å². The molecule has 0 amide bonds. The van der Waals surface area contributed by atoms with Gasteiger partial charge in [0.1, 0.15) is 9.71 Å². The van der Waals surface area contributed by atoms with Crippen LogP contribution in [0.15, 0.2) is 36.4 Å². The first-order valence-electron chi connectivity index (χ1n) is 10.0. The molecule has 4 nitrogen and oxygen atoms in total. The Labute approximate surface area is 168 Å². The summed E-state index contributed by atoms with van der Waals surface area (Å²) in [5.41, 5.74) is 11.5. The number of nitrogens with zero attached hydrogens (tertiary/aromatic N) is 2. The van der Waals surface area contributed by atoms with Gasteiger partial charge in [-0.05, 0) is 55.9 Å². The predicted molar refractivity (Wildman–Crippen MR) is 116 cm³/mol. The van der Waals surface area contributed by atoms with Crippen LogP contribution >= 0.6 is 11.3 Å². The SMILES string of the molecule is CCCc1ccc2c(N)c(C(=O)n3c4c(c5ccccc53)CCCC4)sc2n1. The predicted octanol–water partition coefficient (Wildman–Crippen LogP) is 5.35. The van der Waals surface area contributed by atoms with Crippen LogP contribution in [0.1, 0.15) is 52.8 Å². The second kappa shape index (κ2) is 6.74. The maximum atomic E-state index is 13.7. The smallest absolute Gasteiger partial charge is 0.274 e. The van der Waals surface area contributed by atoms with Crippen molar-refractivity contribution < 1.29 is 4.79 Å². The number of anilines is 1. The lowest BCUT2D eigenvalue weighted by Crippen LogP contribution is -2.17. The Morgan fingerprint density at radius 1 is 1.14 bits per heavy atom. The lowest BCUT2D eigenvalue weighted by molar-refractivity contribution is 0.0966. The van der Waals surface area contributed by atoms with E-state index in [1.54, 1.807) is 0 Å². The molecule has 1 aliphatic carbocycles. The number of pyridine rings is 1. The zero-order chi connectivity index (χ0) is 19.3. The molecule has 0 atom stereocenters. The summed E-state index contributed by atoms with van der Waals surface area (Å²) in [6.07, 6.45) is 6.28. The van der Waals surface area contributed by atoms with E-state index in [9.17, 15) is 4.79 Å². The molecule has 5 rings (SSSR count). The average Bonchev–Trinajstić information content (AvgIpc) is 3.23. The average molecular weight is 390 g/mol. The van der Waals surface area contributed by atoms with Gasteiger partial charge in [0.15, 0.2) is 0 Å². The Kier molecular flexibility index (Phi) is 4.20. The van der Waals surface area contributed by atoms with Crippen molar-refractivity contribution in [2.24, 2.45) is 0 Å². The van der Waals surface area contributed by atoms with Crippen molar-refractivity contribution in [3.05, 3.63) is 58.2 Å². The van der Waals surface area contributed by atoms with Gasteiger partial charge < -0.3 is 5.73 Å². The fraction of sp³-hybridized carbons (Fsp3) is 0.304. The van der Waals surface area contributed by atoms with E-state index in [0.29, 0.717) is 10.6 Å². The number of hydrogen-bond acceptors (Lipinski definition) is 4. The molecule has 142 valence electrons. The Bertz CT molecular complexity index is 1220. The second-order valence-electron chi connectivity index (χ2n) is 7.54. The number of aromatic nitrogens is 2. The monoisotopic (exact) mass is 389 g/mol. The van der Waals surface area contributed by atoms with Crippen LogP contribution < -0.4 is 5.73 Å². The van der Waals surface area contributed by atoms with Gasteiger partial charge in [-0.3, -0.25) is 9.36 Å². The fourth-order valence-corrected chi connectivity index (χ4v) is 5.46. The first-order valence-corrected chi connectivity index (χ1v) is 10.8. The van der Waals surface area contributed by atoms with Crippen molar-refractivity contribution in [3.8, 4) is 0 Å². The van der Waals surface area contributed by atoms with Crippen LogP contribution in [0.3, 0.4) is 0 Å². The fourth-order valence-electron chi connectivity index (χ4n) is 4.42. The number of benzene rings is 1. The summed E-state index contributed by atoms with van der Waals surface area (Å²) >= 11 is 1.42. The van der Waals surface area contributed by atoms with Crippen LogP contribution in [0.25, 0.3) is 21.1 Å². The third-order valence-electron chi connectivity index (χ3n) is 5.73. The maximum Gasteiger partial charge on any atom is 0.274 e. The van der Waals surface area contributed by atoms with Crippen LogP contribution in [0.5, 0.6) is 0 Å². The van der Waals surface area contributed by atoms with E-state index in [1.165, 1.54) is 28.7 Å². The number of rotatable bonds is 3. The molecule has 3 aromatic heterocycles. The summed E-state index contributed by atoms with van der Waals surface area (Å²) < 4.78 is 1.91. The molecule has 0 saturated carbocycles.